The summed E-state index contributed by atoms with van der Waals surface area (Å²) in [6, 6.07) is 1.31. The van der Waals surface area contributed by atoms with Gasteiger partial charge in [0.25, 0.3) is 5.56 Å². The molecule has 0 aliphatic heterocycles. The van der Waals surface area contributed by atoms with E-state index in [9.17, 15) is 14.4 Å². The average molecular weight is 333 g/mol. The fraction of sp³-hybridized carbons (Fsp3) is 0.643. The Morgan fingerprint density at radius 1 is 1.36 bits per heavy atom. The van der Waals surface area contributed by atoms with E-state index in [1.54, 1.807) is 11.9 Å². The highest BCUT2D eigenvalue weighted by atomic mass is 35.5. The van der Waals surface area contributed by atoms with E-state index in [2.05, 4.69) is 0 Å². The molecule has 1 amide bonds. The molecule has 1 aromatic rings. The van der Waals surface area contributed by atoms with Crippen LogP contribution in [0.3, 0.4) is 0 Å². The second-order valence-corrected chi connectivity index (χ2v) is 5.64. The van der Waals surface area contributed by atoms with Crippen LogP contribution in [0.4, 0.5) is 0 Å². The SMILES string of the molecule is CC(C)C(N)CCN(C)C(=O)Cn1ccc(=O)n(C)c1=O.Cl. The summed E-state index contributed by atoms with van der Waals surface area (Å²) in [4.78, 5) is 36.8. The Labute approximate surface area is 136 Å². The molecular weight excluding hydrogens is 308 g/mol. The van der Waals surface area contributed by atoms with E-state index in [1.165, 1.54) is 23.9 Å². The summed E-state index contributed by atoms with van der Waals surface area (Å²) in [5.41, 5.74) is 5.06. The lowest BCUT2D eigenvalue weighted by atomic mass is 10.0. The van der Waals surface area contributed by atoms with Gasteiger partial charge in [0.2, 0.25) is 5.91 Å². The fourth-order valence-corrected chi connectivity index (χ4v) is 1.80. The van der Waals surface area contributed by atoms with Crippen LogP contribution in [0.15, 0.2) is 21.9 Å². The van der Waals surface area contributed by atoms with Gasteiger partial charge in [0.15, 0.2) is 0 Å². The van der Waals surface area contributed by atoms with Crippen LogP contribution >= 0.6 is 12.4 Å². The van der Waals surface area contributed by atoms with Crippen LogP contribution in [-0.2, 0) is 18.4 Å². The van der Waals surface area contributed by atoms with Crippen LogP contribution in [0.1, 0.15) is 20.3 Å². The zero-order chi connectivity index (χ0) is 16.2. The van der Waals surface area contributed by atoms with Gasteiger partial charge in [-0.15, -0.1) is 12.4 Å². The quantitative estimate of drug-likeness (QED) is 0.781. The van der Waals surface area contributed by atoms with Gasteiger partial charge in [0.1, 0.15) is 6.54 Å². The first-order valence-electron chi connectivity index (χ1n) is 7.00. The summed E-state index contributed by atoms with van der Waals surface area (Å²) < 4.78 is 2.20. The number of amides is 1. The van der Waals surface area contributed by atoms with E-state index < -0.39 is 5.69 Å². The van der Waals surface area contributed by atoms with Crippen molar-refractivity contribution in [3.8, 4) is 0 Å². The number of likely N-dealkylation sites (N-methyl/N-ethyl adjacent to an activating group) is 1. The van der Waals surface area contributed by atoms with Crippen LogP contribution in [0, 0.1) is 5.92 Å². The molecule has 0 radical (unpaired) electrons. The molecule has 0 fully saturated rings. The molecule has 1 rings (SSSR count). The number of nitrogens with two attached hydrogens (primary N) is 1. The molecule has 0 aliphatic carbocycles. The molecule has 0 saturated carbocycles. The van der Waals surface area contributed by atoms with Crippen molar-refractivity contribution in [1.29, 1.82) is 0 Å². The summed E-state index contributed by atoms with van der Waals surface area (Å²) in [5.74, 6) is 0.173. The number of rotatable bonds is 6. The Morgan fingerprint density at radius 3 is 2.50 bits per heavy atom. The molecule has 1 aromatic heterocycles. The molecule has 1 heterocycles. The van der Waals surface area contributed by atoms with Gasteiger partial charge < -0.3 is 10.6 Å². The Bertz CT molecular complexity index is 609. The van der Waals surface area contributed by atoms with Gasteiger partial charge in [-0.25, -0.2) is 4.79 Å². The lowest BCUT2D eigenvalue weighted by Crippen LogP contribution is -2.41. The molecule has 2 N–H and O–H groups in total. The van der Waals surface area contributed by atoms with Crippen LogP contribution in [-0.4, -0.2) is 39.6 Å². The number of carbonyl (C=O) groups excluding carboxylic acids is 1. The summed E-state index contributed by atoms with van der Waals surface area (Å²) >= 11 is 0. The molecule has 1 atom stereocenters. The lowest BCUT2D eigenvalue weighted by molar-refractivity contribution is -0.130. The van der Waals surface area contributed by atoms with Gasteiger partial charge in [0, 0.05) is 38.9 Å². The predicted octanol–water partition coefficient (Wildman–Crippen LogP) is -0.199. The monoisotopic (exact) mass is 332 g/mol. The molecule has 22 heavy (non-hydrogen) atoms. The number of hydrogen-bond acceptors (Lipinski definition) is 4. The molecule has 0 saturated heterocycles. The Hall–Kier alpha value is -1.60. The van der Waals surface area contributed by atoms with Crippen LogP contribution in [0.2, 0.25) is 0 Å². The summed E-state index contributed by atoms with van der Waals surface area (Å²) in [5, 5.41) is 0. The minimum absolute atomic E-state index is 0. The van der Waals surface area contributed by atoms with Gasteiger partial charge in [-0.3, -0.25) is 18.7 Å². The van der Waals surface area contributed by atoms with Crippen molar-refractivity contribution in [1.82, 2.24) is 14.0 Å². The van der Waals surface area contributed by atoms with E-state index in [1.807, 2.05) is 13.8 Å². The van der Waals surface area contributed by atoms with Gasteiger partial charge >= 0.3 is 5.69 Å². The molecule has 0 aromatic carbocycles. The van der Waals surface area contributed by atoms with Crippen molar-refractivity contribution in [2.75, 3.05) is 13.6 Å². The highest BCUT2D eigenvalue weighted by Crippen LogP contribution is 2.03. The number of carbonyl (C=O) groups is 1. The van der Waals surface area contributed by atoms with Crippen LogP contribution < -0.4 is 17.0 Å². The van der Waals surface area contributed by atoms with Crippen LogP contribution in [0.25, 0.3) is 0 Å². The Morgan fingerprint density at radius 2 is 1.95 bits per heavy atom. The van der Waals surface area contributed by atoms with Crippen molar-refractivity contribution < 1.29 is 4.79 Å². The molecule has 1 unspecified atom stereocenters. The molecule has 0 spiro atoms. The first kappa shape index (κ1) is 20.4. The van der Waals surface area contributed by atoms with Crippen molar-refractivity contribution >= 4 is 18.3 Å². The summed E-state index contributed by atoms with van der Waals surface area (Å²) in [6.45, 7) is 4.53. The van der Waals surface area contributed by atoms with Crippen LogP contribution in [0.5, 0.6) is 0 Å². The zero-order valence-electron chi connectivity index (χ0n) is 13.5. The van der Waals surface area contributed by atoms with Crippen molar-refractivity contribution in [2.45, 2.75) is 32.9 Å². The molecule has 7 nitrogen and oxygen atoms in total. The maximum absolute atomic E-state index is 12.1. The lowest BCUT2D eigenvalue weighted by Gasteiger charge is -2.22. The highest BCUT2D eigenvalue weighted by Gasteiger charge is 2.14. The maximum Gasteiger partial charge on any atom is 0.331 e. The number of aromatic nitrogens is 2. The van der Waals surface area contributed by atoms with E-state index in [0.29, 0.717) is 18.9 Å². The molecule has 8 heteroatoms. The normalized spacial score (nSPS) is 11.9. The number of nitrogens with zero attached hydrogens (tertiary/aromatic N) is 3. The third kappa shape index (κ3) is 5.31. The fourth-order valence-electron chi connectivity index (χ4n) is 1.80. The number of hydrogen-bond donors (Lipinski definition) is 1. The highest BCUT2D eigenvalue weighted by molar-refractivity contribution is 5.85. The average Bonchev–Trinajstić information content (AvgIpc) is 2.44. The molecule has 0 aliphatic rings. The molecular formula is C14H25ClN4O3. The van der Waals surface area contributed by atoms with E-state index in [-0.39, 0.29) is 36.5 Å². The second-order valence-electron chi connectivity index (χ2n) is 5.64. The largest absolute Gasteiger partial charge is 0.344 e. The smallest absolute Gasteiger partial charge is 0.331 e. The first-order valence-corrected chi connectivity index (χ1v) is 7.00. The van der Waals surface area contributed by atoms with E-state index >= 15 is 0 Å². The van der Waals surface area contributed by atoms with Gasteiger partial charge in [-0.1, -0.05) is 13.8 Å². The van der Waals surface area contributed by atoms with E-state index in [4.69, 9.17) is 5.73 Å². The summed E-state index contributed by atoms with van der Waals surface area (Å²) in [7, 11) is 3.07. The van der Waals surface area contributed by atoms with Gasteiger partial charge in [-0.05, 0) is 12.3 Å². The van der Waals surface area contributed by atoms with Gasteiger partial charge in [-0.2, -0.15) is 0 Å². The van der Waals surface area contributed by atoms with Crippen molar-refractivity contribution in [3.05, 3.63) is 33.1 Å². The zero-order valence-corrected chi connectivity index (χ0v) is 14.3. The second kappa shape index (κ2) is 8.75. The minimum Gasteiger partial charge on any atom is -0.344 e. The Balaban J connectivity index is 0.00000441. The maximum atomic E-state index is 12.1. The molecule has 126 valence electrons. The van der Waals surface area contributed by atoms with E-state index in [0.717, 1.165) is 4.57 Å². The molecule has 0 bridgehead atoms. The van der Waals surface area contributed by atoms with Gasteiger partial charge in [0.05, 0.1) is 0 Å². The van der Waals surface area contributed by atoms with Crippen molar-refractivity contribution in [3.63, 3.8) is 0 Å². The third-order valence-electron chi connectivity index (χ3n) is 3.65. The number of halogens is 1. The predicted molar refractivity (Wildman–Crippen MR) is 88.3 cm³/mol. The summed E-state index contributed by atoms with van der Waals surface area (Å²) in [6.07, 6.45) is 2.05. The minimum atomic E-state index is -0.497. The standard InChI is InChI=1S/C14H24N4O3.ClH/c1-10(2)11(15)5-7-16(3)13(20)9-18-8-6-12(19)17(4)14(18)21;/h6,8,10-11H,5,7,9,15H2,1-4H3;1H. The first-order chi connectivity index (χ1) is 9.73. The third-order valence-corrected chi connectivity index (χ3v) is 3.65. The Kier molecular flexibility index (Phi) is 8.11. The van der Waals surface area contributed by atoms with Crippen molar-refractivity contribution in [2.24, 2.45) is 18.7 Å². The topological polar surface area (TPSA) is 90.3 Å².